The van der Waals surface area contributed by atoms with Gasteiger partial charge < -0.3 is 4.74 Å². The SMILES string of the molecule is C=CCN=c1scc(-c2ccccc2OC)n1N=C1CCCCCCC1. The average Bonchev–Trinajstić information content (AvgIpc) is 3.04. The molecule has 2 aromatic rings. The lowest BCUT2D eigenvalue weighted by Crippen LogP contribution is -2.16. The maximum Gasteiger partial charge on any atom is 0.206 e. The molecule has 138 valence electrons. The third-order valence-electron chi connectivity index (χ3n) is 4.60. The van der Waals surface area contributed by atoms with E-state index in [2.05, 4.69) is 23.0 Å². The van der Waals surface area contributed by atoms with Crippen LogP contribution in [0, 0.1) is 0 Å². The number of para-hydroxylation sites is 1. The maximum atomic E-state index is 5.57. The second kappa shape index (κ2) is 9.53. The predicted octanol–water partition coefficient (Wildman–Crippen LogP) is 5.26. The van der Waals surface area contributed by atoms with Gasteiger partial charge in [-0.2, -0.15) is 5.10 Å². The number of nitrogens with zero attached hydrogens (tertiary/aromatic N) is 3. The summed E-state index contributed by atoms with van der Waals surface area (Å²) in [5.41, 5.74) is 3.35. The third kappa shape index (κ3) is 4.52. The molecule has 0 spiro atoms. The lowest BCUT2D eigenvalue weighted by Gasteiger charge is -2.13. The van der Waals surface area contributed by atoms with Gasteiger partial charge in [-0.15, -0.1) is 17.9 Å². The second-order valence-electron chi connectivity index (χ2n) is 6.48. The molecule has 0 unspecified atom stereocenters. The van der Waals surface area contributed by atoms with Crippen LogP contribution in [-0.4, -0.2) is 24.0 Å². The number of methoxy groups -OCH3 is 1. The number of thiazole rings is 1. The van der Waals surface area contributed by atoms with E-state index in [1.165, 1.54) is 37.8 Å². The van der Waals surface area contributed by atoms with Gasteiger partial charge in [-0.05, 0) is 37.8 Å². The van der Waals surface area contributed by atoms with E-state index in [4.69, 9.17) is 9.84 Å². The molecule has 5 heteroatoms. The van der Waals surface area contributed by atoms with Gasteiger partial charge in [-0.3, -0.25) is 4.99 Å². The van der Waals surface area contributed by atoms with Crippen molar-refractivity contribution in [3.63, 3.8) is 0 Å². The van der Waals surface area contributed by atoms with Gasteiger partial charge in [0.25, 0.3) is 0 Å². The van der Waals surface area contributed by atoms with Crippen molar-refractivity contribution in [3.8, 4) is 17.0 Å². The summed E-state index contributed by atoms with van der Waals surface area (Å²) >= 11 is 1.61. The van der Waals surface area contributed by atoms with Crippen molar-refractivity contribution in [2.24, 2.45) is 10.1 Å². The highest BCUT2D eigenvalue weighted by molar-refractivity contribution is 7.07. The van der Waals surface area contributed by atoms with Gasteiger partial charge in [0, 0.05) is 16.7 Å². The number of aromatic nitrogens is 1. The standard InChI is InChI=1S/C21H27N3OS/c1-3-15-22-21-24(23-17-11-7-5-4-6-8-12-17)19(16-26-21)18-13-9-10-14-20(18)25-2/h3,9-10,13-14,16H,1,4-8,11-12,15H2,2H3. The smallest absolute Gasteiger partial charge is 0.206 e. The van der Waals surface area contributed by atoms with Gasteiger partial charge in [0.2, 0.25) is 4.80 Å². The summed E-state index contributed by atoms with van der Waals surface area (Å²) in [4.78, 5) is 5.55. The lowest BCUT2D eigenvalue weighted by molar-refractivity contribution is 0.416. The van der Waals surface area contributed by atoms with Gasteiger partial charge in [0.05, 0.1) is 19.3 Å². The summed E-state index contributed by atoms with van der Waals surface area (Å²) in [6, 6.07) is 8.08. The van der Waals surface area contributed by atoms with Crippen LogP contribution < -0.4 is 9.54 Å². The summed E-state index contributed by atoms with van der Waals surface area (Å²) in [5, 5.41) is 7.16. The fraction of sp³-hybridized carbons (Fsp3) is 0.429. The van der Waals surface area contributed by atoms with Gasteiger partial charge >= 0.3 is 0 Å². The zero-order valence-corrected chi connectivity index (χ0v) is 16.3. The fourth-order valence-corrected chi connectivity index (χ4v) is 4.08. The molecular weight excluding hydrogens is 342 g/mol. The van der Waals surface area contributed by atoms with Crippen LogP contribution >= 0.6 is 11.3 Å². The van der Waals surface area contributed by atoms with Crippen molar-refractivity contribution in [2.45, 2.75) is 44.9 Å². The molecule has 0 bridgehead atoms. The number of rotatable bonds is 5. The van der Waals surface area contributed by atoms with Crippen molar-refractivity contribution in [1.82, 2.24) is 4.68 Å². The Hall–Kier alpha value is -2.14. The van der Waals surface area contributed by atoms with Gasteiger partial charge in [-0.25, -0.2) is 4.68 Å². The summed E-state index contributed by atoms with van der Waals surface area (Å²) < 4.78 is 7.57. The quantitative estimate of drug-likeness (QED) is 0.663. The number of hydrogen-bond donors (Lipinski definition) is 0. The Kier molecular flexibility index (Phi) is 6.83. The highest BCUT2D eigenvalue weighted by Crippen LogP contribution is 2.30. The third-order valence-corrected chi connectivity index (χ3v) is 5.45. The molecule has 1 aliphatic carbocycles. The van der Waals surface area contributed by atoms with E-state index in [-0.39, 0.29) is 0 Å². The van der Waals surface area contributed by atoms with E-state index in [0.717, 1.165) is 34.6 Å². The number of hydrogen-bond acceptors (Lipinski definition) is 4. The van der Waals surface area contributed by atoms with Crippen LogP contribution in [-0.2, 0) is 0 Å². The minimum absolute atomic E-state index is 0.594. The van der Waals surface area contributed by atoms with Crippen molar-refractivity contribution in [3.05, 3.63) is 47.1 Å². The van der Waals surface area contributed by atoms with E-state index in [0.29, 0.717) is 6.54 Å². The topological polar surface area (TPSA) is 38.9 Å². The first-order valence-electron chi connectivity index (χ1n) is 9.35. The molecule has 1 aromatic heterocycles. The molecule has 26 heavy (non-hydrogen) atoms. The molecule has 1 saturated carbocycles. The Morgan fingerprint density at radius 3 is 2.62 bits per heavy atom. The average molecular weight is 370 g/mol. The van der Waals surface area contributed by atoms with E-state index in [1.807, 2.05) is 29.0 Å². The van der Waals surface area contributed by atoms with Crippen LogP contribution in [0.2, 0.25) is 0 Å². The van der Waals surface area contributed by atoms with Crippen LogP contribution in [0.1, 0.15) is 44.9 Å². The van der Waals surface area contributed by atoms with E-state index in [9.17, 15) is 0 Å². The molecule has 3 rings (SSSR count). The molecule has 1 aliphatic rings. The van der Waals surface area contributed by atoms with Crippen LogP contribution in [0.15, 0.2) is 52.4 Å². The highest BCUT2D eigenvalue weighted by Gasteiger charge is 2.13. The Labute approximate surface area is 159 Å². The zero-order chi connectivity index (χ0) is 18.2. The Balaban J connectivity index is 2.08. The summed E-state index contributed by atoms with van der Waals surface area (Å²) in [6.07, 6.45) is 10.4. The summed E-state index contributed by atoms with van der Waals surface area (Å²) in [7, 11) is 1.71. The van der Waals surface area contributed by atoms with Crippen LogP contribution in [0.4, 0.5) is 0 Å². The predicted molar refractivity (Wildman–Crippen MR) is 110 cm³/mol. The minimum Gasteiger partial charge on any atom is -0.496 e. The second-order valence-corrected chi connectivity index (χ2v) is 7.32. The van der Waals surface area contributed by atoms with Crippen LogP contribution in [0.5, 0.6) is 5.75 Å². The first-order valence-corrected chi connectivity index (χ1v) is 10.2. The minimum atomic E-state index is 0.594. The zero-order valence-electron chi connectivity index (χ0n) is 15.5. The largest absolute Gasteiger partial charge is 0.496 e. The lowest BCUT2D eigenvalue weighted by atomic mass is 9.99. The van der Waals surface area contributed by atoms with E-state index >= 15 is 0 Å². The molecule has 0 atom stereocenters. The molecule has 1 aromatic carbocycles. The molecule has 0 radical (unpaired) electrons. The summed E-state index contributed by atoms with van der Waals surface area (Å²) in [6.45, 7) is 4.38. The first-order chi connectivity index (χ1) is 12.8. The Morgan fingerprint density at radius 2 is 1.88 bits per heavy atom. The number of ether oxygens (including phenoxy) is 1. The van der Waals surface area contributed by atoms with Gasteiger partial charge in [0.15, 0.2) is 0 Å². The van der Waals surface area contributed by atoms with Gasteiger partial charge in [0.1, 0.15) is 5.75 Å². The molecular formula is C21H27N3OS. The van der Waals surface area contributed by atoms with Crippen LogP contribution in [0.25, 0.3) is 11.3 Å². The van der Waals surface area contributed by atoms with Crippen molar-refractivity contribution in [1.29, 1.82) is 0 Å². The highest BCUT2D eigenvalue weighted by atomic mass is 32.1. The van der Waals surface area contributed by atoms with Crippen molar-refractivity contribution >= 4 is 17.0 Å². The molecule has 0 amide bonds. The Morgan fingerprint density at radius 1 is 1.15 bits per heavy atom. The molecule has 0 N–H and O–H groups in total. The molecule has 0 saturated heterocycles. The van der Waals surface area contributed by atoms with Crippen molar-refractivity contribution in [2.75, 3.05) is 13.7 Å². The first kappa shape index (κ1) is 18.6. The molecule has 1 heterocycles. The van der Waals surface area contributed by atoms with E-state index in [1.54, 1.807) is 18.4 Å². The summed E-state index contributed by atoms with van der Waals surface area (Å²) in [5.74, 6) is 0.854. The fourth-order valence-electron chi connectivity index (χ4n) is 3.24. The molecule has 4 nitrogen and oxygen atoms in total. The molecule has 0 aliphatic heterocycles. The Bertz CT molecular complexity index is 822. The number of benzene rings is 1. The van der Waals surface area contributed by atoms with E-state index < -0.39 is 0 Å². The molecule has 1 fully saturated rings. The normalized spacial score (nSPS) is 16.0. The maximum absolute atomic E-state index is 5.57. The monoisotopic (exact) mass is 369 g/mol. The van der Waals surface area contributed by atoms with Crippen molar-refractivity contribution < 1.29 is 4.74 Å². The van der Waals surface area contributed by atoms with Crippen LogP contribution in [0.3, 0.4) is 0 Å². The van der Waals surface area contributed by atoms with Gasteiger partial charge in [-0.1, -0.05) is 37.5 Å².